The summed E-state index contributed by atoms with van der Waals surface area (Å²) in [6, 6.07) is 9.29. The fourth-order valence-corrected chi connectivity index (χ4v) is 0.940. The second kappa shape index (κ2) is 3.52. The highest BCUT2D eigenvalue weighted by Gasteiger charge is 1.86. The number of halogens is 2. The van der Waals surface area contributed by atoms with Crippen LogP contribution in [-0.4, -0.2) is 0 Å². The van der Waals surface area contributed by atoms with E-state index in [1.807, 2.05) is 30.3 Å². The molecule has 0 spiro atoms. The van der Waals surface area contributed by atoms with Gasteiger partial charge in [-0.25, -0.2) is 0 Å². The Kier molecular flexibility index (Phi) is 2.63. The summed E-state index contributed by atoms with van der Waals surface area (Å²) in [5, 5.41) is 0. The molecule has 1 rings (SSSR count). The Morgan fingerprint density at radius 1 is 1.30 bits per heavy atom. The van der Waals surface area contributed by atoms with Gasteiger partial charge in [0.15, 0.2) is 4.74 Å². The standard InChI is InChI=1S/C8H6BrF/c9-8(10)6-7-4-2-1-3-5-7/h1-6H/b8-6-. The fraction of sp³-hybridized carbons (Fsp3) is 0. The van der Waals surface area contributed by atoms with E-state index in [0.717, 1.165) is 5.56 Å². The van der Waals surface area contributed by atoms with Crippen LogP contribution in [0.3, 0.4) is 0 Å². The Labute approximate surface area is 67.5 Å². The van der Waals surface area contributed by atoms with Crippen LogP contribution < -0.4 is 0 Å². The molecular weight excluding hydrogens is 195 g/mol. The molecule has 0 aliphatic carbocycles. The predicted octanol–water partition coefficient (Wildman–Crippen LogP) is 3.35. The molecule has 0 atom stereocenters. The smallest absolute Gasteiger partial charge is 0.166 e. The Morgan fingerprint density at radius 3 is 2.40 bits per heavy atom. The van der Waals surface area contributed by atoms with E-state index in [4.69, 9.17) is 0 Å². The highest BCUT2D eigenvalue weighted by atomic mass is 79.9. The third-order valence-corrected chi connectivity index (χ3v) is 1.30. The van der Waals surface area contributed by atoms with Gasteiger partial charge in [0.25, 0.3) is 0 Å². The molecule has 0 aliphatic heterocycles. The molecule has 0 fully saturated rings. The molecule has 0 saturated carbocycles. The molecule has 0 N–H and O–H groups in total. The summed E-state index contributed by atoms with van der Waals surface area (Å²) in [6.45, 7) is 0. The zero-order valence-electron chi connectivity index (χ0n) is 5.22. The van der Waals surface area contributed by atoms with E-state index in [0.29, 0.717) is 0 Å². The molecule has 0 bridgehead atoms. The molecule has 0 unspecified atom stereocenters. The van der Waals surface area contributed by atoms with Gasteiger partial charge in [-0.1, -0.05) is 30.3 Å². The molecular formula is C8H6BrF. The minimum Gasteiger partial charge on any atom is -0.199 e. The van der Waals surface area contributed by atoms with E-state index in [1.54, 1.807) is 0 Å². The number of benzene rings is 1. The quantitative estimate of drug-likeness (QED) is 0.653. The molecule has 1 aromatic rings. The van der Waals surface area contributed by atoms with E-state index in [-0.39, 0.29) is 4.74 Å². The lowest BCUT2D eigenvalue weighted by atomic mass is 10.2. The number of rotatable bonds is 1. The van der Waals surface area contributed by atoms with Crippen LogP contribution in [0.4, 0.5) is 4.39 Å². The Morgan fingerprint density at radius 2 is 1.90 bits per heavy atom. The van der Waals surface area contributed by atoms with Gasteiger partial charge >= 0.3 is 0 Å². The molecule has 52 valence electrons. The third-order valence-electron chi connectivity index (χ3n) is 1.08. The zero-order valence-corrected chi connectivity index (χ0v) is 6.81. The van der Waals surface area contributed by atoms with E-state index >= 15 is 0 Å². The average Bonchev–Trinajstić information content (AvgIpc) is 1.88. The number of hydrogen-bond acceptors (Lipinski definition) is 0. The SMILES string of the molecule is F/C(Br)=C\c1ccccc1. The first-order valence-corrected chi connectivity index (χ1v) is 3.66. The maximum atomic E-state index is 12.2. The van der Waals surface area contributed by atoms with Gasteiger partial charge in [0.05, 0.1) is 0 Å². The molecule has 0 heterocycles. The minimum absolute atomic E-state index is 0.348. The van der Waals surface area contributed by atoms with Crippen molar-refractivity contribution in [3.63, 3.8) is 0 Å². The van der Waals surface area contributed by atoms with Crippen LogP contribution in [0, 0.1) is 0 Å². The van der Waals surface area contributed by atoms with Crippen molar-refractivity contribution in [1.29, 1.82) is 0 Å². The van der Waals surface area contributed by atoms with Crippen LogP contribution in [0.25, 0.3) is 6.08 Å². The van der Waals surface area contributed by atoms with Crippen LogP contribution >= 0.6 is 15.9 Å². The lowest BCUT2D eigenvalue weighted by Crippen LogP contribution is -1.67. The van der Waals surface area contributed by atoms with E-state index in [2.05, 4.69) is 15.9 Å². The fourth-order valence-electron chi connectivity index (χ4n) is 0.675. The molecule has 2 heteroatoms. The minimum atomic E-state index is -0.348. The first-order chi connectivity index (χ1) is 4.79. The van der Waals surface area contributed by atoms with Crippen molar-refractivity contribution in [3.8, 4) is 0 Å². The lowest BCUT2D eigenvalue weighted by Gasteiger charge is -1.88. The first kappa shape index (κ1) is 7.48. The summed E-state index contributed by atoms with van der Waals surface area (Å²) in [4.78, 5) is 0. The monoisotopic (exact) mass is 200 g/mol. The molecule has 0 aliphatic rings. The van der Waals surface area contributed by atoms with Crippen LogP contribution in [0.1, 0.15) is 5.56 Å². The van der Waals surface area contributed by atoms with Crippen LogP contribution in [0.15, 0.2) is 35.1 Å². The second-order valence-corrected chi connectivity index (χ2v) is 2.60. The zero-order chi connectivity index (χ0) is 7.40. The van der Waals surface area contributed by atoms with Gasteiger partial charge in [-0.2, -0.15) is 4.39 Å². The van der Waals surface area contributed by atoms with Gasteiger partial charge in [-0.15, -0.1) is 0 Å². The van der Waals surface area contributed by atoms with Crippen LogP contribution in [-0.2, 0) is 0 Å². The van der Waals surface area contributed by atoms with Crippen molar-refractivity contribution >= 4 is 22.0 Å². The molecule has 0 radical (unpaired) electrons. The normalized spacial score (nSPS) is 11.6. The maximum Gasteiger partial charge on any atom is 0.166 e. The average molecular weight is 201 g/mol. The molecule has 10 heavy (non-hydrogen) atoms. The van der Waals surface area contributed by atoms with Crippen LogP contribution in [0.2, 0.25) is 0 Å². The highest BCUT2D eigenvalue weighted by molar-refractivity contribution is 9.11. The summed E-state index contributed by atoms with van der Waals surface area (Å²) in [7, 11) is 0. The van der Waals surface area contributed by atoms with Gasteiger partial charge < -0.3 is 0 Å². The summed E-state index contributed by atoms with van der Waals surface area (Å²) < 4.78 is 11.8. The summed E-state index contributed by atoms with van der Waals surface area (Å²) >= 11 is 2.71. The lowest BCUT2D eigenvalue weighted by molar-refractivity contribution is 0.712. The Balaban J connectivity index is 2.87. The van der Waals surface area contributed by atoms with Crippen molar-refractivity contribution in [2.45, 2.75) is 0 Å². The largest absolute Gasteiger partial charge is 0.199 e. The topological polar surface area (TPSA) is 0 Å². The molecule has 1 aromatic carbocycles. The van der Waals surface area contributed by atoms with Gasteiger partial charge in [0, 0.05) is 0 Å². The number of hydrogen-bond donors (Lipinski definition) is 0. The van der Waals surface area contributed by atoms with E-state index in [1.165, 1.54) is 6.08 Å². The molecule has 0 aromatic heterocycles. The van der Waals surface area contributed by atoms with E-state index in [9.17, 15) is 4.39 Å². The first-order valence-electron chi connectivity index (χ1n) is 2.87. The Hall–Kier alpha value is -0.630. The van der Waals surface area contributed by atoms with Gasteiger partial charge in [-0.3, -0.25) is 0 Å². The summed E-state index contributed by atoms with van der Waals surface area (Å²) in [5.74, 6) is 0. The van der Waals surface area contributed by atoms with Crippen molar-refractivity contribution in [2.24, 2.45) is 0 Å². The molecule has 0 nitrogen and oxygen atoms in total. The summed E-state index contributed by atoms with van der Waals surface area (Å²) in [5.41, 5.74) is 0.858. The molecule has 0 amide bonds. The van der Waals surface area contributed by atoms with Gasteiger partial charge in [0.2, 0.25) is 0 Å². The maximum absolute atomic E-state index is 12.2. The predicted molar refractivity (Wildman–Crippen MR) is 44.5 cm³/mol. The van der Waals surface area contributed by atoms with Crippen molar-refractivity contribution in [1.82, 2.24) is 0 Å². The Bertz CT molecular complexity index is 224. The van der Waals surface area contributed by atoms with Crippen molar-refractivity contribution < 1.29 is 4.39 Å². The summed E-state index contributed by atoms with van der Waals surface area (Å²) in [6.07, 6.45) is 1.42. The van der Waals surface area contributed by atoms with Crippen LogP contribution in [0.5, 0.6) is 0 Å². The van der Waals surface area contributed by atoms with Crippen molar-refractivity contribution in [3.05, 3.63) is 40.6 Å². The third kappa shape index (κ3) is 2.31. The highest BCUT2D eigenvalue weighted by Crippen LogP contribution is 2.11. The molecule has 0 saturated heterocycles. The second-order valence-electron chi connectivity index (χ2n) is 1.84. The van der Waals surface area contributed by atoms with Gasteiger partial charge in [0.1, 0.15) is 0 Å². The van der Waals surface area contributed by atoms with E-state index < -0.39 is 0 Å². The van der Waals surface area contributed by atoms with Gasteiger partial charge in [-0.05, 0) is 27.6 Å². The van der Waals surface area contributed by atoms with Crippen molar-refractivity contribution in [2.75, 3.05) is 0 Å².